The standard InChI is InChI=1S/C29H28ClN7/c1-19(26(21-7-11-24(30)12-8-21)23-6-4-5-20(15-23)16-31)35-27(29(2,3)17-32)22-9-13-25(14-10-22)36-28-33-18-34-37-28/h4-15,18-19,26-27,35H,1-3H3,(H2,33,34,36,37). The first-order valence-electron chi connectivity index (χ1n) is 12.0. The van der Waals surface area contributed by atoms with Crippen molar-refractivity contribution in [2.75, 3.05) is 5.32 Å². The van der Waals surface area contributed by atoms with Crippen molar-refractivity contribution in [3.63, 3.8) is 0 Å². The Kier molecular flexibility index (Phi) is 7.89. The molecule has 3 unspecified atom stereocenters. The quantitative estimate of drug-likeness (QED) is 0.238. The van der Waals surface area contributed by atoms with E-state index in [0.29, 0.717) is 16.5 Å². The number of H-pyrrole nitrogens is 1. The summed E-state index contributed by atoms with van der Waals surface area (Å²) in [6, 6.07) is 27.7. The van der Waals surface area contributed by atoms with Gasteiger partial charge in [0.15, 0.2) is 0 Å². The van der Waals surface area contributed by atoms with Gasteiger partial charge in [-0.3, -0.25) is 5.10 Å². The fraction of sp³-hybridized carbons (Fsp3) is 0.241. The summed E-state index contributed by atoms with van der Waals surface area (Å²) in [5, 5.41) is 33.8. The van der Waals surface area contributed by atoms with Crippen molar-refractivity contribution in [1.29, 1.82) is 10.5 Å². The van der Waals surface area contributed by atoms with E-state index in [9.17, 15) is 10.5 Å². The van der Waals surface area contributed by atoms with E-state index in [4.69, 9.17) is 11.6 Å². The van der Waals surface area contributed by atoms with Crippen molar-refractivity contribution < 1.29 is 0 Å². The molecule has 1 heterocycles. The van der Waals surface area contributed by atoms with Crippen LogP contribution in [0.2, 0.25) is 5.02 Å². The second kappa shape index (κ2) is 11.3. The molecular formula is C29H28ClN7. The molecule has 0 aliphatic rings. The topological polar surface area (TPSA) is 113 Å². The Hall–Kier alpha value is -4.17. The fourth-order valence-corrected chi connectivity index (χ4v) is 4.67. The summed E-state index contributed by atoms with van der Waals surface area (Å²) in [7, 11) is 0. The Morgan fingerprint density at radius 1 is 0.946 bits per heavy atom. The minimum absolute atomic E-state index is 0.0748. The Bertz CT molecular complexity index is 1400. The third-order valence-corrected chi connectivity index (χ3v) is 6.71. The van der Waals surface area contributed by atoms with Crippen molar-refractivity contribution in [3.05, 3.63) is 106 Å². The third-order valence-electron chi connectivity index (χ3n) is 6.46. The molecule has 0 saturated carbocycles. The number of benzene rings is 3. The number of nitrogens with zero attached hydrogens (tertiary/aromatic N) is 4. The molecule has 7 nitrogen and oxygen atoms in total. The molecule has 1 aromatic heterocycles. The van der Waals surface area contributed by atoms with Crippen LogP contribution < -0.4 is 10.6 Å². The van der Waals surface area contributed by atoms with Gasteiger partial charge in [-0.05, 0) is 73.9 Å². The van der Waals surface area contributed by atoms with Crippen molar-refractivity contribution in [2.24, 2.45) is 5.41 Å². The zero-order valence-corrected chi connectivity index (χ0v) is 21.7. The maximum Gasteiger partial charge on any atom is 0.246 e. The summed E-state index contributed by atoms with van der Waals surface area (Å²) in [4.78, 5) is 4.09. The highest BCUT2D eigenvalue weighted by atomic mass is 35.5. The number of hydrogen-bond acceptors (Lipinski definition) is 6. The zero-order valence-electron chi connectivity index (χ0n) is 20.9. The second-order valence-electron chi connectivity index (χ2n) is 9.56. The van der Waals surface area contributed by atoms with Crippen molar-refractivity contribution in [3.8, 4) is 12.1 Å². The fourth-order valence-electron chi connectivity index (χ4n) is 4.54. The zero-order chi connectivity index (χ0) is 26.4. The van der Waals surface area contributed by atoms with Crippen molar-refractivity contribution in [2.45, 2.75) is 38.8 Å². The Labute approximate surface area is 222 Å². The lowest BCUT2D eigenvalue weighted by Gasteiger charge is -2.36. The number of rotatable bonds is 9. The highest BCUT2D eigenvalue weighted by molar-refractivity contribution is 6.30. The smallest absolute Gasteiger partial charge is 0.246 e. The first-order valence-corrected chi connectivity index (χ1v) is 12.3. The van der Waals surface area contributed by atoms with E-state index < -0.39 is 5.41 Å². The van der Waals surface area contributed by atoms with Gasteiger partial charge in [-0.25, -0.2) is 4.98 Å². The SMILES string of the molecule is CC(NC(c1ccc(Nc2nc[nH]n2)cc1)C(C)(C)C#N)C(c1ccc(Cl)cc1)c1cccc(C#N)c1. The molecular weight excluding hydrogens is 482 g/mol. The molecule has 0 spiro atoms. The van der Waals surface area contributed by atoms with Gasteiger partial charge in [0.1, 0.15) is 6.33 Å². The van der Waals surface area contributed by atoms with Gasteiger partial charge in [0.2, 0.25) is 5.95 Å². The van der Waals surface area contributed by atoms with Crippen LogP contribution in [0.5, 0.6) is 0 Å². The number of aromatic nitrogens is 3. The molecule has 4 aromatic rings. The Balaban J connectivity index is 1.67. The first kappa shape index (κ1) is 25.9. The van der Waals surface area contributed by atoms with Crippen LogP contribution in [-0.4, -0.2) is 21.2 Å². The van der Waals surface area contributed by atoms with Gasteiger partial charge in [0.05, 0.1) is 29.2 Å². The highest BCUT2D eigenvalue weighted by Crippen LogP contribution is 2.37. The number of anilines is 2. The molecule has 37 heavy (non-hydrogen) atoms. The summed E-state index contributed by atoms with van der Waals surface area (Å²) in [6.45, 7) is 5.98. The van der Waals surface area contributed by atoms with E-state index in [1.54, 1.807) is 6.07 Å². The van der Waals surface area contributed by atoms with E-state index in [1.807, 2.05) is 80.6 Å². The number of hydrogen-bond donors (Lipinski definition) is 3. The van der Waals surface area contributed by atoms with E-state index in [2.05, 4.69) is 44.9 Å². The molecule has 3 atom stereocenters. The molecule has 0 aliphatic carbocycles. The van der Waals surface area contributed by atoms with E-state index in [-0.39, 0.29) is 18.0 Å². The summed E-state index contributed by atoms with van der Waals surface area (Å²) >= 11 is 6.18. The molecule has 0 bridgehead atoms. The predicted molar refractivity (Wildman–Crippen MR) is 145 cm³/mol. The van der Waals surface area contributed by atoms with E-state index >= 15 is 0 Å². The van der Waals surface area contributed by atoms with Gasteiger partial charge in [-0.2, -0.15) is 10.5 Å². The maximum atomic E-state index is 10.1. The van der Waals surface area contributed by atoms with E-state index in [0.717, 1.165) is 22.4 Å². The average Bonchev–Trinajstić information content (AvgIpc) is 3.42. The van der Waals surface area contributed by atoms with Gasteiger partial charge in [-0.1, -0.05) is 48.0 Å². The Morgan fingerprint density at radius 3 is 2.27 bits per heavy atom. The maximum absolute atomic E-state index is 10.1. The van der Waals surface area contributed by atoms with Gasteiger partial charge in [0.25, 0.3) is 0 Å². The minimum Gasteiger partial charge on any atom is -0.323 e. The average molecular weight is 510 g/mol. The minimum atomic E-state index is -0.702. The molecule has 186 valence electrons. The first-order chi connectivity index (χ1) is 17.8. The molecule has 0 amide bonds. The third kappa shape index (κ3) is 6.16. The number of aromatic amines is 1. The van der Waals surface area contributed by atoms with Crippen LogP contribution in [0, 0.1) is 28.1 Å². The molecule has 0 radical (unpaired) electrons. The number of nitriles is 2. The second-order valence-corrected chi connectivity index (χ2v) is 9.99. The molecule has 0 saturated heterocycles. The number of halogens is 1. The predicted octanol–water partition coefficient (Wildman–Crippen LogP) is 6.47. The summed E-state index contributed by atoms with van der Waals surface area (Å²) in [6.07, 6.45) is 1.51. The van der Waals surface area contributed by atoms with Crippen LogP contribution >= 0.6 is 11.6 Å². The molecule has 0 aliphatic heterocycles. The van der Waals surface area contributed by atoms with Crippen LogP contribution in [-0.2, 0) is 0 Å². The molecule has 3 N–H and O–H groups in total. The van der Waals surface area contributed by atoms with Gasteiger partial charge in [-0.15, -0.1) is 5.10 Å². The summed E-state index contributed by atoms with van der Waals surface area (Å²) in [5.41, 5.74) is 3.82. The lowest BCUT2D eigenvalue weighted by atomic mass is 9.79. The largest absolute Gasteiger partial charge is 0.323 e. The molecule has 0 fully saturated rings. The van der Waals surface area contributed by atoms with Crippen LogP contribution in [0.25, 0.3) is 0 Å². The van der Waals surface area contributed by atoms with Crippen LogP contribution in [0.15, 0.2) is 79.1 Å². The van der Waals surface area contributed by atoms with Crippen LogP contribution in [0.4, 0.5) is 11.6 Å². The normalized spacial score (nSPS) is 13.7. The van der Waals surface area contributed by atoms with E-state index in [1.165, 1.54) is 6.33 Å². The number of nitrogens with one attached hydrogen (secondary N) is 3. The molecule has 8 heteroatoms. The van der Waals surface area contributed by atoms with Crippen molar-refractivity contribution >= 4 is 23.2 Å². The lowest BCUT2D eigenvalue weighted by Crippen LogP contribution is -2.41. The summed E-state index contributed by atoms with van der Waals surface area (Å²) < 4.78 is 0. The van der Waals surface area contributed by atoms with Gasteiger partial charge < -0.3 is 10.6 Å². The van der Waals surface area contributed by atoms with Gasteiger partial charge in [0, 0.05) is 22.7 Å². The van der Waals surface area contributed by atoms with Crippen molar-refractivity contribution in [1.82, 2.24) is 20.5 Å². The lowest BCUT2D eigenvalue weighted by molar-refractivity contribution is 0.289. The Morgan fingerprint density at radius 2 is 1.65 bits per heavy atom. The summed E-state index contributed by atoms with van der Waals surface area (Å²) in [5.74, 6) is 0.410. The highest BCUT2D eigenvalue weighted by Gasteiger charge is 2.34. The monoisotopic (exact) mass is 509 g/mol. The molecule has 3 aromatic carbocycles. The van der Waals surface area contributed by atoms with Crippen LogP contribution in [0.1, 0.15) is 55.0 Å². The van der Waals surface area contributed by atoms with Gasteiger partial charge >= 0.3 is 0 Å². The molecule has 4 rings (SSSR count). The van der Waals surface area contributed by atoms with Crippen LogP contribution in [0.3, 0.4) is 0 Å².